The Hall–Kier alpha value is -3.39. The molecular formula is C20H18ClN7O. The lowest BCUT2D eigenvalue weighted by Gasteiger charge is -2.39. The van der Waals surface area contributed by atoms with Crippen LogP contribution in [-0.2, 0) is 11.8 Å². The van der Waals surface area contributed by atoms with Crippen LogP contribution in [0.1, 0.15) is 0 Å². The highest BCUT2D eigenvalue weighted by Crippen LogP contribution is 2.30. The van der Waals surface area contributed by atoms with Crippen molar-refractivity contribution in [1.29, 1.82) is 0 Å². The number of carbonyl (C=O) groups is 1. The van der Waals surface area contributed by atoms with Crippen molar-refractivity contribution in [3.05, 3.63) is 60.3 Å². The third-order valence-corrected chi connectivity index (χ3v) is 5.34. The van der Waals surface area contributed by atoms with Crippen LogP contribution in [-0.4, -0.2) is 43.4 Å². The molecule has 0 radical (unpaired) electrons. The van der Waals surface area contributed by atoms with Crippen LogP contribution in [0.4, 0.5) is 11.5 Å². The van der Waals surface area contributed by atoms with E-state index in [1.165, 1.54) is 6.33 Å². The Morgan fingerprint density at radius 3 is 2.66 bits per heavy atom. The summed E-state index contributed by atoms with van der Waals surface area (Å²) in [6.45, 7) is 1.22. The minimum Gasteiger partial charge on any atom is -0.353 e. The van der Waals surface area contributed by atoms with Gasteiger partial charge in [0.2, 0.25) is 5.91 Å². The molecule has 1 saturated heterocycles. The summed E-state index contributed by atoms with van der Waals surface area (Å²) in [4.78, 5) is 19.0. The molecule has 9 heteroatoms. The lowest BCUT2D eigenvalue weighted by atomic mass is 9.99. The SMILES string of the molecule is Cn1cc(-c2cc3c(N4CC(C(=O)Nc5ccc(Cl)cc5)C4)ncnn3c2)cn1. The number of carbonyl (C=O) groups excluding carboxylic acids is 1. The van der Waals surface area contributed by atoms with Gasteiger partial charge in [0.05, 0.1) is 12.1 Å². The van der Waals surface area contributed by atoms with Gasteiger partial charge < -0.3 is 10.2 Å². The second-order valence-corrected chi connectivity index (χ2v) is 7.58. The first kappa shape index (κ1) is 17.7. The Labute approximate surface area is 171 Å². The van der Waals surface area contributed by atoms with Crippen LogP contribution < -0.4 is 10.2 Å². The number of rotatable bonds is 4. The molecule has 29 heavy (non-hydrogen) atoms. The maximum atomic E-state index is 12.5. The zero-order valence-corrected chi connectivity index (χ0v) is 16.4. The predicted octanol–water partition coefficient (Wildman–Crippen LogP) is 2.86. The molecule has 1 amide bonds. The highest BCUT2D eigenvalue weighted by molar-refractivity contribution is 6.30. The summed E-state index contributed by atoms with van der Waals surface area (Å²) in [5.41, 5.74) is 3.70. The standard InChI is InChI=1S/C20H18ClN7O/c1-26-8-14(7-23-26)13-6-18-19(22-12-24-28(18)11-13)27-9-15(10-27)20(29)25-17-4-2-16(21)3-5-17/h2-8,11-12,15H,9-10H2,1H3,(H,25,29). The molecular weight excluding hydrogens is 390 g/mol. The van der Waals surface area contributed by atoms with Crippen molar-refractivity contribution in [1.82, 2.24) is 24.4 Å². The highest BCUT2D eigenvalue weighted by atomic mass is 35.5. The molecule has 4 heterocycles. The molecule has 1 aliphatic heterocycles. The molecule has 1 aliphatic rings. The molecule has 0 bridgehead atoms. The summed E-state index contributed by atoms with van der Waals surface area (Å²) in [5, 5.41) is 12.1. The fraction of sp³-hybridized carbons (Fsp3) is 0.200. The summed E-state index contributed by atoms with van der Waals surface area (Å²) in [7, 11) is 1.89. The highest BCUT2D eigenvalue weighted by Gasteiger charge is 2.34. The monoisotopic (exact) mass is 407 g/mol. The topological polar surface area (TPSA) is 80.4 Å². The molecule has 8 nitrogen and oxygen atoms in total. The molecule has 1 fully saturated rings. The van der Waals surface area contributed by atoms with E-state index in [-0.39, 0.29) is 11.8 Å². The first-order valence-electron chi connectivity index (χ1n) is 9.20. The fourth-order valence-corrected chi connectivity index (χ4v) is 3.61. The van der Waals surface area contributed by atoms with Crippen LogP contribution in [0.25, 0.3) is 16.6 Å². The number of hydrogen-bond acceptors (Lipinski definition) is 5. The molecule has 146 valence electrons. The van der Waals surface area contributed by atoms with Gasteiger partial charge in [0.15, 0.2) is 5.82 Å². The zero-order chi connectivity index (χ0) is 20.0. The van der Waals surface area contributed by atoms with E-state index in [0.29, 0.717) is 18.1 Å². The van der Waals surface area contributed by atoms with Crippen LogP contribution in [0.5, 0.6) is 0 Å². The van der Waals surface area contributed by atoms with Gasteiger partial charge in [0.25, 0.3) is 0 Å². The average molecular weight is 408 g/mol. The first-order valence-corrected chi connectivity index (χ1v) is 9.58. The van der Waals surface area contributed by atoms with Crippen molar-refractivity contribution in [2.75, 3.05) is 23.3 Å². The van der Waals surface area contributed by atoms with E-state index < -0.39 is 0 Å². The minimum absolute atomic E-state index is 0.0000746. The molecule has 0 atom stereocenters. The van der Waals surface area contributed by atoms with Gasteiger partial charge in [0, 0.05) is 54.4 Å². The number of fused-ring (bicyclic) bond motifs is 1. The van der Waals surface area contributed by atoms with Gasteiger partial charge in [-0.2, -0.15) is 10.2 Å². The number of benzene rings is 1. The van der Waals surface area contributed by atoms with E-state index in [2.05, 4.69) is 25.4 Å². The van der Waals surface area contributed by atoms with Crippen molar-refractivity contribution in [3.8, 4) is 11.1 Å². The van der Waals surface area contributed by atoms with E-state index in [0.717, 1.165) is 28.1 Å². The molecule has 0 saturated carbocycles. The first-order chi connectivity index (χ1) is 14.1. The largest absolute Gasteiger partial charge is 0.353 e. The zero-order valence-electron chi connectivity index (χ0n) is 15.7. The molecule has 4 aromatic rings. The summed E-state index contributed by atoms with van der Waals surface area (Å²) < 4.78 is 3.58. The Bertz CT molecular complexity index is 1190. The summed E-state index contributed by atoms with van der Waals surface area (Å²) in [6, 6.07) is 9.16. The van der Waals surface area contributed by atoms with Crippen molar-refractivity contribution in [2.45, 2.75) is 0 Å². The second-order valence-electron chi connectivity index (χ2n) is 7.14. The number of nitrogens with one attached hydrogen (secondary N) is 1. The van der Waals surface area contributed by atoms with Crippen LogP contribution in [0.3, 0.4) is 0 Å². The number of anilines is 2. The van der Waals surface area contributed by atoms with Gasteiger partial charge in [0.1, 0.15) is 11.8 Å². The molecule has 0 unspecified atom stereocenters. The Morgan fingerprint density at radius 1 is 1.14 bits per heavy atom. The Balaban J connectivity index is 1.31. The number of halogens is 1. The van der Waals surface area contributed by atoms with Crippen LogP contribution in [0, 0.1) is 5.92 Å². The molecule has 0 aliphatic carbocycles. The van der Waals surface area contributed by atoms with Crippen molar-refractivity contribution in [2.24, 2.45) is 13.0 Å². The number of aromatic nitrogens is 5. The number of nitrogens with zero attached hydrogens (tertiary/aromatic N) is 6. The molecule has 1 aromatic carbocycles. The molecule has 3 aromatic heterocycles. The molecule has 0 spiro atoms. The summed E-state index contributed by atoms with van der Waals surface area (Å²) >= 11 is 5.89. The summed E-state index contributed by atoms with van der Waals surface area (Å²) in [5.74, 6) is 0.735. The third kappa shape index (κ3) is 3.31. The third-order valence-electron chi connectivity index (χ3n) is 5.09. The van der Waals surface area contributed by atoms with Crippen LogP contribution >= 0.6 is 11.6 Å². The van der Waals surface area contributed by atoms with Crippen molar-refractivity contribution in [3.63, 3.8) is 0 Å². The predicted molar refractivity (Wildman–Crippen MR) is 111 cm³/mol. The maximum absolute atomic E-state index is 12.5. The van der Waals surface area contributed by atoms with E-state index in [1.807, 2.05) is 36.2 Å². The van der Waals surface area contributed by atoms with Gasteiger partial charge in [-0.1, -0.05) is 11.6 Å². The van der Waals surface area contributed by atoms with Crippen LogP contribution in [0.2, 0.25) is 5.02 Å². The Morgan fingerprint density at radius 2 is 1.93 bits per heavy atom. The minimum atomic E-state index is -0.0894. The van der Waals surface area contributed by atoms with Crippen molar-refractivity contribution < 1.29 is 4.79 Å². The maximum Gasteiger partial charge on any atom is 0.231 e. The van der Waals surface area contributed by atoms with Gasteiger partial charge >= 0.3 is 0 Å². The number of aryl methyl sites for hydroxylation is 1. The fourth-order valence-electron chi connectivity index (χ4n) is 3.48. The van der Waals surface area contributed by atoms with E-state index in [4.69, 9.17) is 11.6 Å². The van der Waals surface area contributed by atoms with Crippen molar-refractivity contribution >= 4 is 34.5 Å². The Kier molecular flexibility index (Phi) is 4.21. The second kappa shape index (κ2) is 6.89. The van der Waals surface area contributed by atoms with Gasteiger partial charge in [-0.05, 0) is 30.3 Å². The number of amides is 1. The van der Waals surface area contributed by atoms with Crippen LogP contribution in [0.15, 0.2) is 55.2 Å². The number of hydrogen-bond donors (Lipinski definition) is 1. The average Bonchev–Trinajstić information content (AvgIpc) is 3.29. The van der Waals surface area contributed by atoms with E-state index in [9.17, 15) is 4.79 Å². The van der Waals surface area contributed by atoms with Gasteiger partial charge in [-0.3, -0.25) is 9.48 Å². The van der Waals surface area contributed by atoms with Gasteiger partial charge in [-0.15, -0.1) is 0 Å². The normalized spacial score (nSPS) is 14.2. The lowest BCUT2D eigenvalue weighted by molar-refractivity contribution is -0.120. The van der Waals surface area contributed by atoms with Gasteiger partial charge in [-0.25, -0.2) is 9.50 Å². The molecule has 5 rings (SSSR count). The smallest absolute Gasteiger partial charge is 0.231 e. The quantitative estimate of drug-likeness (QED) is 0.562. The lowest BCUT2D eigenvalue weighted by Crippen LogP contribution is -2.52. The van der Waals surface area contributed by atoms with E-state index >= 15 is 0 Å². The van der Waals surface area contributed by atoms with E-state index in [1.54, 1.807) is 28.9 Å². The summed E-state index contributed by atoms with van der Waals surface area (Å²) in [6.07, 6.45) is 7.28. The molecule has 1 N–H and O–H groups in total.